The van der Waals surface area contributed by atoms with Crippen molar-refractivity contribution in [2.24, 2.45) is 0 Å². The third-order valence-corrected chi connectivity index (χ3v) is 7.07. The number of aryl methyl sites for hydroxylation is 3. The lowest BCUT2D eigenvalue weighted by Crippen LogP contribution is -2.24. The SMILES string of the molecule is CCOc1ccc(-c2ccc(CCCc3nn(-c4ccccc4F)c(=O)n3-c3ccc(C)cc3)cc2)cc1CC(=O)O. The van der Waals surface area contributed by atoms with Crippen LogP contribution in [0.1, 0.15) is 35.9 Å². The van der Waals surface area contributed by atoms with Crippen molar-refractivity contribution in [3.05, 3.63) is 130 Å². The Hall–Kier alpha value is -4.98. The van der Waals surface area contributed by atoms with E-state index in [2.05, 4.69) is 5.10 Å². The van der Waals surface area contributed by atoms with Gasteiger partial charge in [-0.05, 0) is 79.8 Å². The Balaban J connectivity index is 1.35. The van der Waals surface area contributed by atoms with Crippen LogP contribution in [0.15, 0.2) is 95.8 Å². The van der Waals surface area contributed by atoms with Gasteiger partial charge in [-0.2, -0.15) is 4.68 Å². The van der Waals surface area contributed by atoms with Crippen LogP contribution in [0, 0.1) is 12.7 Å². The van der Waals surface area contributed by atoms with Crippen molar-refractivity contribution >= 4 is 5.97 Å². The zero-order valence-electron chi connectivity index (χ0n) is 23.6. The van der Waals surface area contributed by atoms with Gasteiger partial charge in [0.25, 0.3) is 0 Å². The number of carboxylic acid groups (broad SMARTS) is 1. The lowest BCUT2D eigenvalue weighted by molar-refractivity contribution is -0.136. The molecule has 0 amide bonds. The molecular weight excluding hydrogens is 533 g/mol. The minimum Gasteiger partial charge on any atom is -0.494 e. The number of rotatable bonds is 11. The fraction of sp³-hybridized carbons (Fsp3) is 0.206. The van der Waals surface area contributed by atoms with E-state index in [1.807, 2.05) is 80.6 Å². The summed E-state index contributed by atoms with van der Waals surface area (Å²) in [6.07, 6.45) is 1.89. The molecule has 0 aliphatic rings. The van der Waals surface area contributed by atoms with Crippen molar-refractivity contribution in [2.75, 3.05) is 6.61 Å². The molecule has 0 aliphatic carbocycles. The minimum absolute atomic E-state index is 0.110. The van der Waals surface area contributed by atoms with E-state index in [4.69, 9.17) is 4.74 Å². The van der Waals surface area contributed by atoms with Crippen LogP contribution in [0.2, 0.25) is 0 Å². The molecule has 0 bridgehead atoms. The Morgan fingerprint density at radius 1 is 0.929 bits per heavy atom. The molecule has 0 fully saturated rings. The topological polar surface area (TPSA) is 86.4 Å². The number of nitrogens with zero attached hydrogens (tertiary/aromatic N) is 3. The number of para-hydroxylation sites is 1. The van der Waals surface area contributed by atoms with Gasteiger partial charge in [0.05, 0.1) is 18.7 Å². The molecule has 5 rings (SSSR count). The standard InChI is InChI=1S/C34H32FN3O4/c1-3-42-31-20-17-26(21-27(31)22-33(39)40)25-15-13-24(14-16-25)7-6-10-32-36-38(30-9-5-4-8-29(30)35)34(41)37(32)28-18-11-23(2)12-19-28/h4-5,8-9,11-21H,3,6-7,10,22H2,1-2H3,(H,39,40). The van der Waals surface area contributed by atoms with E-state index in [0.29, 0.717) is 35.9 Å². The summed E-state index contributed by atoms with van der Waals surface area (Å²) in [7, 11) is 0. The first kappa shape index (κ1) is 28.5. The molecule has 7 nitrogen and oxygen atoms in total. The van der Waals surface area contributed by atoms with Gasteiger partial charge < -0.3 is 9.84 Å². The largest absolute Gasteiger partial charge is 0.494 e. The number of hydrogen-bond acceptors (Lipinski definition) is 4. The first-order valence-corrected chi connectivity index (χ1v) is 13.9. The van der Waals surface area contributed by atoms with Gasteiger partial charge in [-0.3, -0.25) is 4.79 Å². The van der Waals surface area contributed by atoms with Crippen molar-refractivity contribution in [3.8, 4) is 28.3 Å². The van der Waals surface area contributed by atoms with Crippen LogP contribution in [-0.2, 0) is 24.1 Å². The summed E-state index contributed by atoms with van der Waals surface area (Å²) >= 11 is 0. The predicted molar refractivity (Wildman–Crippen MR) is 160 cm³/mol. The summed E-state index contributed by atoms with van der Waals surface area (Å²) in [5.41, 5.74) is 5.11. The van der Waals surface area contributed by atoms with Gasteiger partial charge >= 0.3 is 11.7 Å². The van der Waals surface area contributed by atoms with Gasteiger partial charge in [0.2, 0.25) is 0 Å². The molecule has 1 heterocycles. The molecule has 214 valence electrons. The second kappa shape index (κ2) is 12.7. The highest BCUT2D eigenvalue weighted by Crippen LogP contribution is 2.28. The monoisotopic (exact) mass is 565 g/mol. The quantitative estimate of drug-likeness (QED) is 0.202. The second-order valence-corrected chi connectivity index (χ2v) is 10.1. The number of carbonyl (C=O) groups is 1. The van der Waals surface area contributed by atoms with Crippen LogP contribution in [0.3, 0.4) is 0 Å². The minimum atomic E-state index is -0.907. The summed E-state index contributed by atoms with van der Waals surface area (Å²) in [6, 6.07) is 27.5. The Morgan fingerprint density at radius 2 is 1.64 bits per heavy atom. The van der Waals surface area contributed by atoms with Crippen LogP contribution in [0.4, 0.5) is 4.39 Å². The van der Waals surface area contributed by atoms with E-state index < -0.39 is 17.5 Å². The van der Waals surface area contributed by atoms with Crippen molar-refractivity contribution in [1.29, 1.82) is 0 Å². The molecule has 0 saturated heterocycles. The molecule has 4 aromatic carbocycles. The summed E-state index contributed by atoms with van der Waals surface area (Å²) in [5.74, 6) is -0.275. The van der Waals surface area contributed by atoms with Crippen LogP contribution in [0.5, 0.6) is 5.75 Å². The van der Waals surface area contributed by atoms with E-state index in [-0.39, 0.29) is 12.1 Å². The normalized spacial score (nSPS) is 11.0. The summed E-state index contributed by atoms with van der Waals surface area (Å²) < 4.78 is 22.9. The number of aliphatic carboxylic acids is 1. The molecule has 8 heteroatoms. The molecular formula is C34H32FN3O4. The van der Waals surface area contributed by atoms with Gasteiger partial charge in [-0.25, -0.2) is 13.8 Å². The van der Waals surface area contributed by atoms with E-state index in [0.717, 1.165) is 39.8 Å². The lowest BCUT2D eigenvalue weighted by Gasteiger charge is -2.12. The number of ether oxygens (including phenoxy) is 1. The molecule has 1 N–H and O–H groups in total. The third kappa shape index (κ3) is 6.33. The number of hydrogen-bond donors (Lipinski definition) is 1. The number of halogens is 1. The van der Waals surface area contributed by atoms with Gasteiger partial charge in [0, 0.05) is 12.0 Å². The highest BCUT2D eigenvalue weighted by atomic mass is 19.1. The fourth-order valence-corrected chi connectivity index (χ4v) is 4.97. The molecule has 42 heavy (non-hydrogen) atoms. The van der Waals surface area contributed by atoms with E-state index in [9.17, 15) is 19.1 Å². The number of aromatic nitrogens is 3. The Bertz CT molecular complexity index is 1760. The predicted octanol–water partition coefficient (Wildman–Crippen LogP) is 6.34. The van der Waals surface area contributed by atoms with E-state index >= 15 is 0 Å². The fourth-order valence-electron chi connectivity index (χ4n) is 4.97. The molecule has 1 aromatic heterocycles. The Morgan fingerprint density at radius 3 is 2.33 bits per heavy atom. The first-order chi connectivity index (χ1) is 20.3. The smallest absolute Gasteiger partial charge is 0.355 e. The van der Waals surface area contributed by atoms with Crippen molar-refractivity contribution in [3.63, 3.8) is 0 Å². The van der Waals surface area contributed by atoms with Crippen LogP contribution in [-0.4, -0.2) is 32.0 Å². The average molecular weight is 566 g/mol. The summed E-state index contributed by atoms with van der Waals surface area (Å²) in [5, 5.41) is 13.9. The van der Waals surface area contributed by atoms with Crippen LogP contribution >= 0.6 is 0 Å². The average Bonchev–Trinajstić information content (AvgIpc) is 3.30. The summed E-state index contributed by atoms with van der Waals surface area (Å²) in [6.45, 7) is 4.31. The maximum absolute atomic E-state index is 14.6. The molecule has 0 spiro atoms. The van der Waals surface area contributed by atoms with Gasteiger partial charge in [-0.15, -0.1) is 5.10 Å². The highest BCUT2D eigenvalue weighted by Gasteiger charge is 2.18. The Kier molecular flexibility index (Phi) is 8.62. The van der Waals surface area contributed by atoms with Crippen LogP contribution in [0.25, 0.3) is 22.5 Å². The highest BCUT2D eigenvalue weighted by molar-refractivity contribution is 5.74. The van der Waals surface area contributed by atoms with Gasteiger partial charge in [0.1, 0.15) is 23.1 Å². The zero-order chi connectivity index (χ0) is 29.6. The second-order valence-electron chi connectivity index (χ2n) is 10.1. The van der Waals surface area contributed by atoms with Gasteiger partial charge in [-0.1, -0.05) is 60.2 Å². The molecule has 5 aromatic rings. The maximum Gasteiger partial charge on any atom is 0.355 e. The molecule has 0 saturated carbocycles. The number of carboxylic acids is 1. The molecule has 0 unspecified atom stereocenters. The first-order valence-electron chi connectivity index (χ1n) is 13.9. The van der Waals surface area contributed by atoms with Crippen molar-refractivity contribution in [1.82, 2.24) is 14.3 Å². The molecule has 0 aliphatic heterocycles. The van der Waals surface area contributed by atoms with E-state index in [1.54, 1.807) is 22.8 Å². The number of benzene rings is 4. The maximum atomic E-state index is 14.6. The van der Waals surface area contributed by atoms with Crippen molar-refractivity contribution in [2.45, 2.75) is 39.5 Å². The van der Waals surface area contributed by atoms with Gasteiger partial charge in [0.15, 0.2) is 0 Å². The van der Waals surface area contributed by atoms with Crippen LogP contribution < -0.4 is 10.4 Å². The molecule has 0 radical (unpaired) electrons. The van der Waals surface area contributed by atoms with E-state index in [1.165, 1.54) is 6.07 Å². The zero-order valence-corrected chi connectivity index (χ0v) is 23.6. The summed E-state index contributed by atoms with van der Waals surface area (Å²) in [4.78, 5) is 24.8. The lowest BCUT2D eigenvalue weighted by atomic mass is 9.98. The Labute approximate surface area is 243 Å². The third-order valence-electron chi connectivity index (χ3n) is 7.07. The van der Waals surface area contributed by atoms with Crippen molar-refractivity contribution < 1.29 is 19.0 Å². The molecule has 0 atom stereocenters.